The molecule has 1 spiro atoms. The maximum atomic E-state index is 12.6. The lowest BCUT2D eigenvalue weighted by atomic mass is 9.88. The number of hydrogen-bond acceptors (Lipinski definition) is 5. The standard InChI is InChI=1S/C27H30N2O4/c1-19-6-2-3-7-20(19)18-29-14-12-27(13-15-29)11-10-21(33-27)17-28-26(31)25-16-23(30)22-8-4-5-9-24(22)32-25/h2-9,16,21H,10-15,17-18H2,1H3,(H,28,31)/t21-/m0/s1. The van der Waals surface area contributed by atoms with E-state index in [4.69, 9.17) is 9.15 Å². The minimum absolute atomic E-state index is 0.0101. The second kappa shape index (κ2) is 9.12. The Bertz CT molecular complexity index is 1210. The SMILES string of the molecule is Cc1ccccc1CN1CCC2(CC[C@@H](CNC(=O)c3cc(=O)c4ccccc4o3)O2)CC1. The molecule has 2 fully saturated rings. The molecule has 6 nitrogen and oxygen atoms in total. The number of fused-ring (bicyclic) bond motifs is 1. The largest absolute Gasteiger partial charge is 0.451 e. The van der Waals surface area contributed by atoms with Crippen LogP contribution >= 0.6 is 0 Å². The molecule has 1 amide bonds. The van der Waals surface area contributed by atoms with E-state index in [0.29, 0.717) is 17.5 Å². The fraction of sp³-hybridized carbons (Fsp3) is 0.407. The molecule has 2 aromatic carbocycles. The van der Waals surface area contributed by atoms with Crippen molar-refractivity contribution in [3.05, 3.63) is 81.7 Å². The van der Waals surface area contributed by atoms with E-state index in [0.717, 1.165) is 45.3 Å². The number of ether oxygens (including phenoxy) is 1. The van der Waals surface area contributed by atoms with Crippen LogP contribution in [0.15, 0.2) is 63.8 Å². The first-order valence-electron chi connectivity index (χ1n) is 11.8. The number of aryl methyl sites for hydroxylation is 1. The first-order chi connectivity index (χ1) is 16.0. The average molecular weight is 447 g/mol. The van der Waals surface area contributed by atoms with Gasteiger partial charge in [0.1, 0.15) is 5.58 Å². The summed E-state index contributed by atoms with van der Waals surface area (Å²) in [5.74, 6) is -0.341. The summed E-state index contributed by atoms with van der Waals surface area (Å²) in [6.45, 7) is 5.62. The van der Waals surface area contributed by atoms with Crippen molar-refractivity contribution in [2.45, 2.75) is 50.9 Å². The summed E-state index contributed by atoms with van der Waals surface area (Å²) in [4.78, 5) is 27.4. The van der Waals surface area contributed by atoms with Crippen molar-refractivity contribution in [1.29, 1.82) is 0 Å². The van der Waals surface area contributed by atoms with Crippen molar-refractivity contribution in [3.63, 3.8) is 0 Å². The van der Waals surface area contributed by atoms with Crippen molar-refractivity contribution in [3.8, 4) is 0 Å². The maximum Gasteiger partial charge on any atom is 0.287 e. The number of nitrogens with one attached hydrogen (secondary N) is 1. The van der Waals surface area contributed by atoms with Gasteiger partial charge in [0.15, 0.2) is 11.2 Å². The zero-order chi connectivity index (χ0) is 22.8. The number of amides is 1. The molecule has 172 valence electrons. The van der Waals surface area contributed by atoms with E-state index in [1.54, 1.807) is 24.3 Å². The summed E-state index contributed by atoms with van der Waals surface area (Å²) in [5.41, 5.74) is 2.86. The van der Waals surface area contributed by atoms with E-state index < -0.39 is 0 Å². The molecule has 1 N–H and O–H groups in total. The van der Waals surface area contributed by atoms with E-state index >= 15 is 0 Å². The lowest BCUT2D eigenvalue weighted by Gasteiger charge is -2.39. The van der Waals surface area contributed by atoms with Gasteiger partial charge in [-0.15, -0.1) is 0 Å². The number of likely N-dealkylation sites (tertiary alicyclic amines) is 1. The lowest BCUT2D eigenvalue weighted by molar-refractivity contribution is -0.0764. The minimum Gasteiger partial charge on any atom is -0.451 e. The maximum absolute atomic E-state index is 12.6. The fourth-order valence-corrected chi connectivity index (χ4v) is 5.06. The number of para-hydroxylation sites is 1. The van der Waals surface area contributed by atoms with Crippen LogP contribution in [0.5, 0.6) is 0 Å². The molecule has 2 saturated heterocycles. The average Bonchev–Trinajstić information content (AvgIpc) is 3.23. The van der Waals surface area contributed by atoms with Crippen LogP contribution in [-0.2, 0) is 11.3 Å². The Hall–Kier alpha value is -2.96. The molecular formula is C27H30N2O4. The lowest BCUT2D eigenvalue weighted by Crippen LogP contribution is -2.45. The molecule has 1 aromatic heterocycles. The van der Waals surface area contributed by atoms with Gasteiger partial charge in [-0.1, -0.05) is 36.4 Å². The number of carbonyl (C=O) groups excluding carboxylic acids is 1. The number of benzene rings is 2. The Morgan fingerprint density at radius 2 is 1.85 bits per heavy atom. The topological polar surface area (TPSA) is 71.8 Å². The van der Waals surface area contributed by atoms with Crippen LogP contribution in [0.25, 0.3) is 11.0 Å². The highest BCUT2D eigenvalue weighted by Gasteiger charge is 2.42. The third kappa shape index (κ3) is 4.72. The summed E-state index contributed by atoms with van der Waals surface area (Å²) in [6, 6.07) is 16.8. The van der Waals surface area contributed by atoms with Crippen molar-refractivity contribution < 1.29 is 13.9 Å². The monoisotopic (exact) mass is 446 g/mol. The molecule has 0 saturated carbocycles. The summed E-state index contributed by atoms with van der Waals surface area (Å²) in [7, 11) is 0. The zero-order valence-electron chi connectivity index (χ0n) is 19.0. The molecule has 0 aliphatic carbocycles. The number of rotatable bonds is 5. The predicted molar refractivity (Wildman–Crippen MR) is 127 cm³/mol. The Morgan fingerprint density at radius 1 is 1.09 bits per heavy atom. The molecule has 2 aliphatic rings. The summed E-state index contributed by atoms with van der Waals surface area (Å²) in [6.07, 6.45) is 3.98. The van der Waals surface area contributed by atoms with Crippen LogP contribution in [-0.4, -0.2) is 42.1 Å². The Balaban J connectivity index is 1.13. The first kappa shape index (κ1) is 21.9. The summed E-state index contributed by atoms with van der Waals surface area (Å²) < 4.78 is 12.1. The Kier molecular flexibility index (Phi) is 6.04. The van der Waals surface area contributed by atoms with Gasteiger partial charge >= 0.3 is 0 Å². The molecule has 1 atom stereocenters. The molecule has 0 unspecified atom stereocenters. The summed E-state index contributed by atoms with van der Waals surface area (Å²) >= 11 is 0. The van der Waals surface area contributed by atoms with Crippen molar-refractivity contribution >= 4 is 16.9 Å². The number of carbonyl (C=O) groups is 1. The quantitative estimate of drug-likeness (QED) is 0.640. The highest BCUT2D eigenvalue weighted by molar-refractivity contribution is 5.93. The third-order valence-corrected chi connectivity index (χ3v) is 7.11. The van der Waals surface area contributed by atoms with Gasteiger partial charge in [-0.3, -0.25) is 14.5 Å². The van der Waals surface area contributed by atoms with Crippen LogP contribution < -0.4 is 10.7 Å². The van der Waals surface area contributed by atoms with Gasteiger partial charge < -0.3 is 14.5 Å². The molecule has 5 rings (SSSR count). The normalized spacial score (nSPS) is 20.3. The van der Waals surface area contributed by atoms with Crippen molar-refractivity contribution in [1.82, 2.24) is 10.2 Å². The highest BCUT2D eigenvalue weighted by Crippen LogP contribution is 2.39. The van der Waals surface area contributed by atoms with E-state index in [-0.39, 0.29) is 28.8 Å². The van der Waals surface area contributed by atoms with Crippen molar-refractivity contribution in [2.75, 3.05) is 19.6 Å². The Labute approximate surface area is 193 Å². The van der Waals surface area contributed by atoms with E-state index in [9.17, 15) is 9.59 Å². The van der Waals surface area contributed by atoms with Crippen LogP contribution in [0.2, 0.25) is 0 Å². The molecule has 3 heterocycles. The predicted octanol–water partition coefficient (Wildman–Crippen LogP) is 4.05. The zero-order valence-corrected chi connectivity index (χ0v) is 19.0. The van der Waals surface area contributed by atoms with Crippen molar-refractivity contribution in [2.24, 2.45) is 0 Å². The molecule has 3 aromatic rings. The number of piperidine rings is 1. The molecule has 0 radical (unpaired) electrons. The highest BCUT2D eigenvalue weighted by atomic mass is 16.5. The summed E-state index contributed by atoms with van der Waals surface area (Å²) in [5, 5.41) is 3.37. The number of hydrogen-bond donors (Lipinski definition) is 1. The Morgan fingerprint density at radius 3 is 2.67 bits per heavy atom. The van der Waals surface area contributed by atoms with Crippen LogP contribution in [0.1, 0.15) is 47.4 Å². The van der Waals surface area contributed by atoms with Gasteiger partial charge in [-0.2, -0.15) is 0 Å². The van der Waals surface area contributed by atoms with Gasteiger partial charge in [-0.05, 0) is 55.9 Å². The van der Waals surface area contributed by atoms with E-state index in [1.807, 2.05) is 0 Å². The second-order valence-electron chi connectivity index (χ2n) is 9.35. The van der Waals surface area contributed by atoms with Crippen LogP contribution in [0, 0.1) is 6.92 Å². The number of nitrogens with zero attached hydrogens (tertiary/aromatic N) is 1. The van der Waals surface area contributed by atoms with Crippen LogP contribution in [0.4, 0.5) is 0 Å². The molecule has 33 heavy (non-hydrogen) atoms. The molecule has 6 heteroatoms. The minimum atomic E-state index is -0.379. The second-order valence-corrected chi connectivity index (χ2v) is 9.35. The third-order valence-electron chi connectivity index (χ3n) is 7.11. The molecular weight excluding hydrogens is 416 g/mol. The smallest absolute Gasteiger partial charge is 0.287 e. The van der Waals surface area contributed by atoms with Gasteiger partial charge in [-0.25, -0.2) is 0 Å². The van der Waals surface area contributed by atoms with Gasteiger partial charge in [0.25, 0.3) is 5.91 Å². The van der Waals surface area contributed by atoms with Crippen LogP contribution in [0.3, 0.4) is 0 Å². The molecule has 2 aliphatic heterocycles. The molecule has 0 bridgehead atoms. The fourth-order valence-electron chi connectivity index (χ4n) is 5.06. The van der Waals surface area contributed by atoms with Gasteiger partial charge in [0.05, 0.1) is 17.1 Å². The van der Waals surface area contributed by atoms with E-state index in [1.165, 1.54) is 17.2 Å². The van der Waals surface area contributed by atoms with E-state index in [2.05, 4.69) is 41.4 Å². The first-order valence-corrected chi connectivity index (χ1v) is 11.8. The van der Waals surface area contributed by atoms with Gasteiger partial charge in [0, 0.05) is 32.2 Å². The van der Waals surface area contributed by atoms with Gasteiger partial charge in [0.2, 0.25) is 0 Å².